The van der Waals surface area contributed by atoms with Gasteiger partial charge in [-0.25, -0.2) is 9.59 Å². The smallest absolute Gasteiger partial charge is 0.410 e. The number of nitrogens with one attached hydrogen (secondary N) is 1. The standard InChI is InChI=1S/C21H30N2O5/c1-15(19(25)27-14-16-10-6-5-7-11-16)22-18(24)17-12-8-9-13-23(17)20(26)28-21(2,3)4/h5-7,10-11,15,17H,8-9,12-14H2,1-4H3,(H,22,24). The van der Waals surface area contributed by atoms with Crippen molar-refractivity contribution < 1.29 is 23.9 Å². The molecule has 154 valence electrons. The molecule has 1 aliphatic heterocycles. The number of benzene rings is 1. The predicted molar refractivity (Wildman–Crippen MR) is 104 cm³/mol. The van der Waals surface area contributed by atoms with Crippen molar-refractivity contribution in [2.75, 3.05) is 6.54 Å². The van der Waals surface area contributed by atoms with E-state index in [1.165, 1.54) is 4.90 Å². The van der Waals surface area contributed by atoms with E-state index in [0.29, 0.717) is 13.0 Å². The van der Waals surface area contributed by atoms with Crippen LogP contribution in [0.15, 0.2) is 30.3 Å². The Labute approximate surface area is 166 Å². The molecule has 0 bridgehead atoms. The minimum absolute atomic E-state index is 0.146. The third-order valence-electron chi connectivity index (χ3n) is 4.37. The highest BCUT2D eigenvalue weighted by molar-refractivity contribution is 5.89. The maximum absolute atomic E-state index is 12.7. The van der Waals surface area contributed by atoms with Gasteiger partial charge in [0.2, 0.25) is 5.91 Å². The zero-order valence-electron chi connectivity index (χ0n) is 17.1. The van der Waals surface area contributed by atoms with Crippen molar-refractivity contribution in [1.29, 1.82) is 0 Å². The molecule has 2 unspecified atom stereocenters. The normalized spacial score (nSPS) is 18.1. The van der Waals surface area contributed by atoms with Crippen molar-refractivity contribution in [1.82, 2.24) is 10.2 Å². The zero-order valence-corrected chi connectivity index (χ0v) is 17.1. The van der Waals surface area contributed by atoms with Gasteiger partial charge in [-0.2, -0.15) is 0 Å². The van der Waals surface area contributed by atoms with Crippen molar-refractivity contribution in [2.24, 2.45) is 0 Å². The number of likely N-dealkylation sites (tertiary alicyclic amines) is 1. The molecule has 0 spiro atoms. The maximum atomic E-state index is 12.7. The maximum Gasteiger partial charge on any atom is 0.410 e. The van der Waals surface area contributed by atoms with Crippen LogP contribution >= 0.6 is 0 Å². The summed E-state index contributed by atoms with van der Waals surface area (Å²) in [7, 11) is 0. The molecule has 1 saturated heterocycles. The molecule has 1 fully saturated rings. The van der Waals surface area contributed by atoms with Gasteiger partial charge in [-0.15, -0.1) is 0 Å². The first-order chi connectivity index (χ1) is 13.2. The molecule has 0 radical (unpaired) electrons. The molecular weight excluding hydrogens is 360 g/mol. The van der Waals surface area contributed by atoms with Gasteiger partial charge in [0.25, 0.3) is 0 Å². The van der Waals surface area contributed by atoms with E-state index in [-0.39, 0.29) is 12.5 Å². The number of nitrogens with zero attached hydrogens (tertiary/aromatic N) is 1. The number of hydrogen-bond acceptors (Lipinski definition) is 5. The first-order valence-electron chi connectivity index (χ1n) is 9.68. The monoisotopic (exact) mass is 390 g/mol. The van der Waals surface area contributed by atoms with Crippen molar-refractivity contribution >= 4 is 18.0 Å². The Bertz CT molecular complexity index is 684. The summed E-state index contributed by atoms with van der Waals surface area (Å²) in [5, 5.41) is 2.67. The van der Waals surface area contributed by atoms with E-state index in [1.807, 2.05) is 30.3 Å². The summed E-state index contributed by atoms with van der Waals surface area (Å²) in [6.45, 7) is 7.54. The number of rotatable bonds is 5. The quantitative estimate of drug-likeness (QED) is 0.781. The Hall–Kier alpha value is -2.57. The van der Waals surface area contributed by atoms with Crippen LogP contribution < -0.4 is 5.32 Å². The van der Waals surface area contributed by atoms with Gasteiger partial charge in [0.15, 0.2) is 0 Å². The van der Waals surface area contributed by atoms with E-state index in [0.717, 1.165) is 18.4 Å². The van der Waals surface area contributed by atoms with Crippen LogP contribution in [-0.2, 0) is 25.7 Å². The number of carbonyl (C=O) groups is 3. The number of ether oxygens (including phenoxy) is 2. The fourth-order valence-electron chi connectivity index (χ4n) is 2.97. The number of esters is 1. The van der Waals surface area contributed by atoms with E-state index in [1.54, 1.807) is 27.7 Å². The fourth-order valence-corrected chi connectivity index (χ4v) is 2.97. The highest BCUT2D eigenvalue weighted by Gasteiger charge is 2.35. The van der Waals surface area contributed by atoms with Crippen LogP contribution in [-0.4, -0.2) is 47.1 Å². The van der Waals surface area contributed by atoms with E-state index in [4.69, 9.17) is 9.47 Å². The molecule has 0 aliphatic carbocycles. The number of piperidine rings is 1. The lowest BCUT2D eigenvalue weighted by Gasteiger charge is -2.36. The lowest BCUT2D eigenvalue weighted by atomic mass is 10.0. The highest BCUT2D eigenvalue weighted by atomic mass is 16.6. The van der Waals surface area contributed by atoms with Crippen molar-refractivity contribution in [3.05, 3.63) is 35.9 Å². The van der Waals surface area contributed by atoms with Crippen LogP contribution in [0.25, 0.3) is 0 Å². The minimum Gasteiger partial charge on any atom is -0.459 e. The van der Waals surface area contributed by atoms with Crippen LogP contribution in [0, 0.1) is 0 Å². The summed E-state index contributed by atoms with van der Waals surface area (Å²) in [4.78, 5) is 38.8. The van der Waals surface area contributed by atoms with Gasteiger partial charge in [-0.05, 0) is 52.5 Å². The second-order valence-electron chi connectivity index (χ2n) is 8.01. The minimum atomic E-state index is -0.807. The van der Waals surface area contributed by atoms with Gasteiger partial charge in [0.05, 0.1) is 0 Å². The Balaban J connectivity index is 1.91. The van der Waals surface area contributed by atoms with E-state index in [9.17, 15) is 14.4 Å². The summed E-state index contributed by atoms with van der Waals surface area (Å²) in [5.41, 5.74) is 0.238. The second kappa shape index (κ2) is 9.57. The highest BCUT2D eigenvalue weighted by Crippen LogP contribution is 2.20. The van der Waals surface area contributed by atoms with E-state index >= 15 is 0 Å². The third kappa shape index (κ3) is 6.55. The van der Waals surface area contributed by atoms with Crippen LogP contribution in [0.4, 0.5) is 4.79 Å². The third-order valence-corrected chi connectivity index (χ3v) is 4.37. The first kappa shape index (κ1) is 21.7. The Kier molecular flexibility index (Phi) is 7.43. The van der Waals surface area contributed by atoms with Crippen molar-refractivity contribution in [3.63, 3.8) is 0 Å². The lowest BCUT2D eigenvalue weighted by Crippen LogP contribution is -2.55. The Morgan fingerprint density at radius 3 is 2.50 bits per heavy atom. The number of hydrogen-bond donors (Lipinski definition) is 1. The number of carbonyl (C=O) groups excluding carboxylic acids is 3. The predicted octanol–water partition coefficient (Wildman–Crippen LogP) is 3.02. The summed E-state index contributed by atoms with van der Waals surface area (Å²) in [5.74, 6) is -0.883. The fraction of sp³-hybridized carbons (Fsp3) is 0.571. The average molecular weight is 390 g/mol. The molecule has 7 nitrogen and oxygen atoms in total. The number of amides is 2. The molecule has 0 aromatic heterocycles. The van der Waals surface area contributed by atoms with Crippen molar-refractivity contribution in [2.45, 2.75) is 71.2 Å². The van der Waals surface area contributed by atoms with Crippen LogP contribution in [0.1, 0.15) is 52.5 Å². The summed E-state index contributed by atoms with van der Waals surface area (Å²) in [6, 6.07) is 7.88. The van der Waals surface area contributed by atoms with Crippen LogP contribution in [0.5, 0.6) is 0 Å². The van der Waals surface area contributed by atoms with Gasteiger partial charge in [0, 0.05) is 6.54 Å². The van der Waals surface area contributed by atoms with E-state index in [2.05, 4.69) is 5.32 Å². The largest absolute Gasteiger partial charge is 0.459 e. The molecule has 1 heterocycles. The second-order valence-corrected chi connectivity index (χ2v) is 8.01. The van der Waals surface area contributed by atoms with Gasteiger partial charge in [0.1, 0.15) is 24.3 Å². The Morgan fingerprint density at radius 1 is 1.18 bits per heavy atom. The molecule has 0 saturated carbocycles. The Morgan fingerprint density at radius 2 is 1.86 bits per heavy atom. The molecule has 7 heteroatoms. The molecule has 2 amide bonds. The van der Waals surface area contributed by atoms with Gasteiger partial charge < -0.3 is 14.8 Å². The summed E-state index contributed by atoms with van der Waals surface area (Å²) < 4.78 is 10.7. The molecular formula is C21H30N2O5. The topological polar surface area (TPSA) is 84.9 Å². The van der Waals surface area contributed by atoms with Crippen molar-refractivity contribution in [3.8, 4) is 0 Å². The molecule has 1 aromatic carbocycles. The molecule has 2 atom stereocenters. The van der Waals surface area contributed by atoms with Gasteiger partial charge in [-0.3, -0.25) is 9.69 Å². The zero-order chi connectivity index (χ0) is 20.7. The molecule has 1 aromatic rings. The summed E-state index contributed by atoms with van der Waals surface area (Å²) >= 11 is 0. The molecule has 28 heavy (non-hydrogen) atoms. The van der Waals surface area contributed by atoms with E-state index < -0.39 is 29.7 Å². The summed E-state index contributed by atoms with van der Waals surface area (Å²) in [6.07, 6.45) is 1.69. The lowest BCUT2D eigenvalue weighted by molar-refractivity contribution is -0.149. The molecule has 2 rings (SSSR count). The van der Waals surface area contributed by atoms with Gasteiger partial charge >= 0.3 is 12.1 Å². The molecule has 1 N–H and O–H groups in total. The van der Waals surface area contributed by atoms with Crippen LogP contribution in [0.2, 0.25) is 0 Å². The van der Waals surface area contributed by atoms with Gasteiger partial charge in [-0.1, -0.05) is 30.3 Å². The first-order valence-corrected chi connectivity index (χ1v) is 9.68. The molecule has 1 aliphatic rings. The van der Waals surface area contributed by atoms with Crippen LogP contribution in [0.3, 0.4) is 0 Å². The SMILES string of the molecule is CC(NC(=O)C1CCCCN1C(=O)OC(C)(C)C)C(=O)OCc1ccccc1. The average Bonchev–Trinajstić information content (AvgIpc) is 2.65.